The Morgan fingerprint density at radius 1 is 1.10 bits per heavy atom. The quantitative estimate of drug-likeness (QED) is 0.348. The Morgan fingerprint density at radius 3 is 2.52 bits per heavy atom. The lowest BCUT2D eigenvalue weighted by atomic mass is 10.2. The number of non-ortho nitro benzene ring substituents is 1. The number of nitro benzene ring substituents is 1. The zero-order valence-corrected chi connectivity index (χ0v) is 15.1. The molecular weight excluding hydrogens is 380 g/mol. The first-order valence-electron chi connectivity index (χ1n) is 8.59. The summed E-state index contributed by atoms with van der Waals surface area (Å²) in [6.07, 6.45) is -0.0571. The van der Waals surface area contributed by atoms with Crippen LogP contribution in [0.25, 0.3) is 11.4 Å². The summed E-state index contributed by atoms with van der Waals surface area (Å²) in [5, 5.41) is 17.0. The molecule has 1 heterocycles. The molecule has 0 fully saturated rings. The molecule has 10 nitrogen and oxygen atoms in total. The summed E-state index contributed by atoms with van der Waals surface area (Å²) in [4.78, 5) is 38.0. The van der Waals surface area contributed by atoms with Crippen molar-refractivity contribution in [2.24, 2.45) is 0 Å². The fourth-order valence-corrected chi connectivity index (χ4v) is 2.35. The molecule has 0 aliphatic rings. The molecule has 10 heteroatoms. The highest BCUT2D eigenvalue weighted by molar-refractivity contribution is 5.94. The molecule has 0 unspecified atom stereocenters. The summed E-state index contributed by atoms with van der Waals surface area (Å²) in [6.45, 7) is -0.122. The van der Waals surface area contributed by atoms with Crippen LogP contribution in [0.5, 0.6) is 0 Å². The fourth-order valence-electron chi connectivity index (χ4n) is 2.35. The first-order chi connectivity index (χ1) is 14.0. The van der Waals surface area contributed by atoms with Gasteiger partial charge in [0.05, 0.1) is 11.3 Å². The number of hydrogen-bond acceptors (Lipinski definition) is 8. The van der Waals surface area contributed by atoms with E-state index in [1.54, 1.807) is 0 Å². The Balaban J connectivity index is 1.40. The number of carbonyl (C=O) groups excluding carboxylic acids is 2. The lowest BCUT2D eigenvalue weighted by molar-refractivity contribution is -0.384. The maximum absolute atomic E-state index is 12.0. The molecule has 0 radical (unpaired) electrons. The van der Waals surface area contributed by atoms with E-state index in [0.717, 1.165) is 5.56 Å². The maximum Gasteiger partial charge on any atom is 0.308 e. The van der Waals surface area contributed by atoms with Gasteiger partial charge < -0.3 is 14.6 Å². The number of ether oxygens (including phenoxy) is 1. The number of rotatable bonds is 8. The van der Waals surface area contributed by atoms with E-state index in [1.165, 1.54) is 24.3 Å². The molecule has 0 spiro atoms. The van der Waals surface area contributed by atoms with Crippen LogP contribution in [0.2, 0.25) is 0 Å². The minimum absolute atomic E-state index is 0.0494. The lowest BCUT2D eigenvalue weighted by Gasteiger charge is -2.05. The minimum atomic E-state index is -0.552. The second-order valence-electron chi connectivity index (χ2n) is 5.85. The van der Waals surface area contributed by atoms with Gasteiger partial charge >= 0.3 is 5.97 Å². The van der Waals surface area contributed by atoms with Crippen molar-refractivity contribution in [3.8, 4) is 11.4 Å². The van der Waals surface area contributed by atoms with Gasteiger partial charge in [0.1, 0.15) is 0 Å². The van der Waals surface area contributed by atoms with Crippen LogP contribution in [0.4, 0.5) is 5.69 Å². The van der Waals surface area contributed by atoms with Gasteiger partial charge in [-0.3, -0.25) is 19.7 Å². The molecule has 2 aromatic carbocycles. The van der Waals surface area contributed by atoms with E-state index >= 15 is 0 Å². The summed E-state index contributed by atoms with van der Waals surface area (Å²) < 4.78 is 10.1. The first-order valence-corrected chi connectivity index (χ1v) is 8.59. The second kappa shape index (κ2) is 9.22. The highest BCUT2D eigenvalue weighted by Gasteiger charge is 2.12. The lowest BCUT2D eigenvalue weighted by Crippen LogP contribution is -2.26. The third kappa shape index (κ3) is 5.45. The number of hydrogen-bond donors (Lipinski definition) is 1. The van der Waals surface area contributed by atoms with Crippen molar-refractivity contribution in [2.75, 3.05) is 6.54 Å². The monoisotopic (exact) mass is 396 g/mol. The predicted molar refractivity (Wildman–Crippen MR) is 99.6 cm³/mol. The molecular formula is C19H16N4O6. The van der Waals surface area contributed by atoms with Gasteiger partial charge in [-0.1, -0.05) is 35.5 Å². The number of nitrogens with zero attached hydrogens (tertiary/aromatic N) is 3. The van der Waals surface area contributed by atoms with E-state index in [1.807, 2.05) is 30.3 Å². The standard InChI is InChI=1S/C19H16N4O6/c24-17(10-11-20-19(25)14-6-8-15(9-7-14)23(26)27)28-12-16-21-18(22-29-16)13-4-2-1-3-5-13/h1-9H,10-12H2,(H,20,25). The molecule has 148 valence electrons. The van der Waals surface area contributed by atoms with Crippen molar-refractivity contribution >= 4 is 17.6 Å². The summed E-state index contributed by atoms with van der Waals surface area (Å²) in [5.41, 5.74) is 0.924. The van der Waals surface area contributed by atoms with Gasteiger partial charge in [-0.15, -0.1) is 0 Å². The Hall–Kier alpha value is -4.08. The van der Waals surface area contributed by atoms with Crippen LogP contribution in [0.1, 0.15) is 22.7 Å². The Morgan fingerprint density at radius 2 is 1.83 bits per heavy atom. The smallest absolute Gasteiger partial charge is 0.308 e. The number of carbonyl (C=O) groups is 2. The van der Waals surface area contributed by atoms with Crippen LogP contribution >= 0.6 is 0 Å². The van der Waals surface area contributed by atoms with Gasteiger partial charge in [0.25, 0.3) is 17.5 Å². The predicted octanol–water partition coefficient (Wildman–Crippen LogP) is 2.51. The molecule has 0 bridgehead atoms. The van der Waals surface area contributed by atoms with E-state index in [4.69, 9.17) is 9.26 Å². The SMILES string of the molecule is O=C(CCNC(=O)c1ccc([N+](=O)[O-])cc1)OCc1nc(-c2ccccc2)no1. The number of aromatic nitrogens is 2. The van der Waals surface area contributed by atoms with Gasteiger partial charge in [0.2, 0.25) is 5.82 Å². The summed E-state index contributed by atoms with van der Waals surface area (Å²) in [6, 6.07) is 14.4. The van der Waals surface area contributed by atoms with Gasteiger partial charge in [0.15, 0.2) is 6.61 Å². The Labute approximate surface area is 164 Å². The van der Waals surface area contributed by atoms with E-state index in [0.29, 0.717) is 5.82 Å². The molecule has 29 heavy (non-hydrogen) atoms. The van der Waals surface area contributed by atoms with Gasteiger partial charge in [0, 0.05) is 29.8 Å². The van der Waals surface area contributed by atoms with E-state index < -0.39 is 16.8 Å². The summed E-state index contributed by atoms with van der Waals surface area (Å²) in [5.74, 6) is -0.440. The average molecular weight is 396 g/mol. The molecule has 0 aliphatic heterocycles. The van der Waals surface area contributed by atoms with Crippen LogP contribution in [0.15, 0.2) is 59.1 Å². The number of benzene rings is 2. The number of amides is 1. The topological polar surface area (TPSA) is 137 Å². The molecule has 1 aromatic heterocycles. The van der Waals surface area contributed by atoms with Crippen molar-refractivity contribution in [3.63, 3.8) is 0 Å². The normalized spacial score (nSPS) is 10.3. The molecule has 0 aliphatic carbocycles. The summed E-state index contributed by atoms with van der Waals surface area (Å²) in [7, 11) is 0. The molecule has 1 amide bonds. The Bertz CT molecular complexity index is 1000. The van der Waals surface area contributed by atoms with Crippen molar-refractivity contribution in [1.29, 1.82) is 0 Å². The van der Waals surface area contributed by atoms with Gasteiger partial charge in [-0.25, -0.2) is 0 Å². The molecule has 0 atom stereocenters. The number of nitrogens with one attached hydrogen (secondary N) is 1. The third-order valence-electron chi connectivity index (χ3n) is 3.81. The van der Waals surface area contributed by atoms with Crippen LogP contribution in [0, 0.1) is 10.1 Å². The van der Waals surface area contributed by atoms with Gasteiger partial charge in [-0.05, 0) is 12.1 Å². The third-order valence-corrected chi connectivity index (χ3v) is 3.81. The number of esters is 1. The average Bonchev–Trinajstić information content (AvgIpc) is 3.22. The first kappa shape index (κ1) is 19.7. The van der Waals surface area contributed by atoms with E-state index in [2.05, 4.69) is 15.5 Å². The number of nitro groups is 1. The fraction of sp³-hybridized carbons (Fsp3) is 0.158. The minimum Gasteiger partial charge on any atom is -0.456 e. The molecule has 3 aromatic rings. The largest absolute Gasteiger partial charge is 0.456 e. The molecule has 0 saturated heterocycles. The zero-order chi connectivity index (χ0) is 20.6. The summed E-state index contributed by atoms with van der Waals surface area (Å²) >= 11 is 0. The van der Waals surface area contributed by atoms with Crippen molar-refractivity contribution in [1.82, 2.24) is 15.5 Å². The zero-order valence-electron chi connectivity index (χ0n) is 15.1. The van der Waals surface area contributed by atoms with Gasteiger partial charge in [-0.2, -0.15) is 4.98 Å². The van der Waals surface area contributed by atoms with Crippen molar-refractivity contribution in [2.45, 2.75) is 13.0 Å². The van der Waals surface area contributed by atoms with Crippen LogP contribution in [0.3, 0.4) is 0 Å². The van der Waals surface area contributed by atoms with Crippen LogP contribution in [-0.4, -0.2) is 33.5 Å². The molecule has 3 rings (SSSR count). The highest BCUT2D eigenvalue weighted by atomic mass is 16.6. The molecule has 1 N–H and O–H groups in total. The van der Waals surface area contributed by atoms with Crippen LogP contribution in [-0.2, 0) is 16.1 Å². The Kier molecular flexibility index (Phi) is 6.25. The van der Waals surface area contributed by atoms with E-state index in [-0.39, 0.29) is 36.7 Å². The maximum atomic E-state index is 12.0. The van der Waals surface area contributed by atoms with Crippen LogP contribution < -0.4 is 5.32 Å². The van der Waals surface area contributed by atoms with Crippen molar-refractivity contribution < 1.29 is 23.8 Å². The second-order valence-corrected chi connectivity index (χ2v) is 5.85. The van der Waals surface area contributed by atoms with Crippen molar-refractivity contribution in [3.05, 3.63) is 76.2 Å². The highest BCUT2D eigenvalue weighted by Crippen LogP contribution is 2.15. The van der Waals surface area contributed by atoms with E-state index in [9.17, 15) is 19.7 Å². The molecule has 0 saturated carbocycles.